The number of anilines is 1. The number of aliphatic hydroxyl groups excluding tert-OH is 2. The fourth-order valence-corrected chi connectivity index (χ4v) is 2.67. The van der Waals surface area contributed by atoms with Gasteiger partial charge >= 0.3 is 0 Å². The van der Waals surface area contributed by atoms with E-state index in [1.807, 2.05) is 29.2 Å². The summed E-state index contributed by atoms with van der Waals surface area (Å²) in [6.45, 7) is 0.815. The largest absolute Gasteiger partial charge is 0.395 e. The second kappa shape index (κ2) is 7.53. The lowest BCUT2D eigenvalue weighted by molar-refractivity contribution is 0.280. The van der Waals surface area contributed by atoms with Crippen LogP contribution in [0.4, 0.5) is 5.82 Å². The van der Waals surface area contributed by atoms with Crippen molar-refractivity contribution < 1.29 is 10.2 Å². The van der Waals surface area contributed by atoms with Crippen molar-refractivity contribution in [2.45, 2.75) is 0 Å². The Morgan fingerprint density at radius 1 is 0.958 bits per heavy atom. The number of benzene rings is 1. The van der Waals surface area contributed by atoms with Crippen molar-refractivity contribution in [3.63, 3.8) is 0 Å². The van der Waals surface area contributed by atoms with Gasteiger partial charge in [0.05, 0.1) is 23.8 Å². The van der Waals surface area contributed by atoms with E-state index in [0.717, 1.165) is 10.9 Å². The molecule has 0 radical (unpaired) electrons. The number of para-hydroxylation sites is 1. The third-order valence-corrected chi connectivity index (χ3v) is 3.94. The topological polar surface area (TPSA) is 82.4 Å². The number of aromatic nitrogens is 3. The van der Waals surface area contributed by atoms with Crippen LogP contribution in [0.3, 0.4) is 0 Å². The van der Waals surface area contributed by atoms with E-state index in [4.69, 9.17) is 21.8 Å². The van der Waals surface area contributed by atoms with Crippen LogP contribution in [0.2, 0.25) is 5.02 Å². The second-order valence-electron chi connectivity index (χ2n) is 5.21. The number of hydrogen-bond donors (Lipinski definition) is 2. The van der Waals surface area contributed by atoms with Crippen LogP contribution >= 0.6 is 11.6 Å². The number of pyridine rings is 1. The second-order valence-corrected chi connectivity index (χ2v) is 5.62. The number of halogens is 1. The highest BCUT2D eigenvalue weighted by atomic mass is 35.5. The Labute approximate surface area is 144 Å². The predicted octanol–water partition coefficient (Wildman–Crippen LogP) is 2.14. The van der Waals surface area contributed by atoms with Crippen LogP contribution in [0.15, 0.2) is 42.7 Å². The Morgan fingerprint density at radius 3 is 2.42 bits per heavy atom. The maximum atomic E-state index is 9.10. The first-order valence-electron chi connectivity index (χ1n) is 7.57. The first-order chi connectivity index (χ1) is 11.7. The average Bonchev–Trinajstić information content (AvgIpc) is 2.62. The molecule has 7 heteroatoms. The Morgan fingerprint density at radius 2 is 1.75 bits per heavy atom. The summed E-state index contributed by atoms with van der Waals surface area (Å²) >= 11 is 6.19. The van der Waals surface area contributed by atoms with Gasteiger partial charge in [-0.05, 0) is 18.2 Å². The summed E-state index contributed by atoms with van der Waals surface area (Å²) in [5.41, 5.74) is 1.48. The summed E-state index contributed by atoms with van der Waals surface area (Å²) in [7, 11) is 0. The minimum Gasteiger partial charge on any atom is -0.395 e. The first-order valence-corrected chi connectivity index (χ1v) is 7.95. The molecule has 6 nitrogen and oxygen atoms in total. The molecule has 0 aliphatic heterocycles. The minimum absolute atomic E-state index is 0.00425. The molecule has 0 fully saturated rings. The van der Waals surface area contributed by atoms with Crippen molar-refractivity contribution in [2.75, 3.05) is 31.2 Å². The van der Waals surface area contributed by atoms with Gasteiger partial charge in [-0.2, -0.15) is 0 Å². The standard InChI is InChI=1S/C17H17ClN4O2/c18-14-3-1-2-12-10-20-17(21-16(12)14)13-4-5-15(19-11-13)22(6-8-23)7-9-24/h1-5,10-11,23-24H,6-9H2. The van der Waals surface area contributed by atoms with Crippen LogP contribution in [0.5, 0.6) is 0 Å². The maximum Gasteiger partial charge on any atom is 0.161 e. The van der Waals surface area contributed by atoms with E-state index in [0.29, 0.717) is 35.3 Å². The van der Waals surface area contributed by atoms with Crippen LogP contribution in [-0.4, -0.2) is 51.5 Å². The van der Waals surface area contributed by atoms with Gasteiger partial charge < -0.3 is 15.1 Å². The highest BCUT2D eigenvalue weighted by Crippen LogP contribution is 2.24. The van der Waals surface area contributed by atoms with E-state index < -0.39 is 0 Å². The number of fused-ring (bicyclic) bond motifs is 1. The minimum atomic E-state index is -0.00425. The Kier molecular flexibility index (Phi) is 5.20. The van der Waals surface area contributed by atoms with Crippen molar-refractivity contribution in [2.24, 2.45) is 0 Å². The molecule has 0 atom stereocenters. The molecule has 3 rings (SSSR count). The van der Waals surface area contributed by atoms with E-state index in [2.05, 4.69) is 15.0 Å². The lowest BCUT2D eigenvalue weighted by Gasteiger charge is -2.21. The van der Waals surface area contributed by atoms with Gasteiger partial charge in [-0.25, -0.2) is 15.0 Å². The molecule has 0 saturated heterocycles. The molecule has 2 heterocycles. The molecule has 0 aliphatic rings. The molecular formula is C17H17ClN4O2. The van der Waals surface area contributed by atoms with Crippen LogP contribution in [0.1, 0.15) is 0 Å². The van der Waals surface area contributed by atoms with Crippen LogP contribution in [0, 0.1) is 0 Å². The summed E-state index contributed by atoms with van der Waals surface area (Å²) in [5.74, 6) is 1.23. The fourth-order valence-electron chi connectivity index (χ4n) is 2.45. The molecule has 1 aromatic carbocycles. The SMILES string of the molecule is OCCN(CCO)c1ccc(-c2ncc3cccc(Cl)c3n2)cn1. The van der Waals surface area contributed by atoms with Crippen LogP contribution in [-0.2, 0) is 0 Å². The molecule has 0 spiro atoms. The molecule has 0 aliphatic carbocycles. The van der Waals surface area contributed by atoms with Crippen molar-refractivity contribution in [3.05, 3.63) is 47.7 Å². The lowest BCUT2D eigenvalue weighted by atomic mass is 10.2. The Balaban J connectivity index is 1.91. The van der Waals surface area contributed by atoms with Gasteiger partial charge in [-0.15, -0.1) is 0 Å². The molecule has 0 unspecified atom stereocenters. The normalized spacial score (nSPS) is 11.0. The molecular weight excluding hydrogens is 328 g/mol. The van der Waals surface area contributed by atoms with Gasteiger partial charge in [0.2, 0.25) is 0 Å². The number of rotatable bonds is 6. The van der Waals surface area contributed by atoms with Crippen molar-refractivity contribution in [1.29, 1.82) is 0 Å². The van der Waals surface area contributed by atoms with Crippen molar-refractivity contribution in [3.8, 4) is 11.4 Å². The highest BCUT2D eigenvalue weighted by Gasteiger charge is 2.09. The summed E-state index contributed by atoms with van der Waals surface area (Å²) in [6.07, 6.45) is 3.41. The molecule has 0 saturated carbocycles. The molecule has 3 aromatic rings. The molecule has 2 N–H and O–H groups in total. The lowest BCUT2D eigenvalue weighted by Crippen LogP contribution is -2.30. The van der Waals surface area contributed by atoms with Gasteiger partial charge in [0.15, 0.2) is 5.82 Å². The van der Waals surface area contributed by atoms with Gasteiger partial charge in [-0.1, -0.05) is 23.7 Å². The zero-order chi connectivity index (χ0) is 16.9. The molecule has 2 aromatic heterocycles. The maximum absolute atomic E-state index is 9.10. The quantitative estimate of drug-likeness (QED) is 0.713. The first kappa shape index (κ1) is 16.6. The number of hydrogen-bond acceptors (Lipinski definition) is 6. The van der Waals surface area contributed by atoms with E-state index in [9.17, 15) is 0 Å². The van der Waals surface area contributed by atoms with Gasteiger partial charge in [0.1, 0.15) is 5.82 Å². The van der Waals surface area contributed by atoms with Crippen molar-refractivity contribution in [1.82, 2.24) is 15.0 Å². The smallest absolute Gasteiger partial charge is 0.161 e. The van der Waals surface area contributed by atoms with Gasteiger partial charge in [-0.3, -0.25) is 0 Å². The molecule has 24 heavy (non-hydrogen) atoms. The Bertz CT molecular complexity index is 820. The summed E-state index contributed by atoms with van der Waals surface area (Å²) in [6, 6.07) is 9.25. The highest BCUT2D eigenvalue weighted by molar-refractivity contribution is 6.35. The predicted molar refractivity (Wildman–Crippen MR) is 94.2 cm³/mol. The van der Waals surface area contributed by atoms with E-state index in [1.54, 1.807) is 18.5 Å². The molecule has 0 amide bonds. The third-order valence-electron chi connectivity index (χ3n) is 3.63. The Hall–Kier alpha value is -2.28. The van der Waals surface area contributed by atoms with E-state index in [-0.39, 0.29) is 13.2 Å². The van der Waals surface area contributed by atoms with Crippen LogP contribution < -0.4 is 4.90 Å². The summed E-state index contributed by atoms with van der Waals surface area (Å²) in [4.78, 5) is 15.1. The van der Waals surface area contributed by atoms with Crippen LogP contribution in [0.25, 0.3) is 22.3 Å². The van der Waals surface area contributed by atoms with Crippen molar-refractivity contribution >= 4 is 28.3 Å². The molecule has 0 bridgehead atoms. The number of aliphatic hydroxyl groups is 2. The van der Waals surface area contributed by atoms with Gasteiger partial charge in [0, 0.05) is 36.4 Å². The molecule has 124 valence electrons. The zero-order valence-corrected chi connectivity index (χ0v) is 13.7. The summed E-state index contributed by atoms with van der Waals surface area (Å²) < 4.78 is 0. The monoisotopic (exact) mass is 344 g/mol. The number of nitrogens with zero attached hydrogens (tertiary/aromatic N) is 4. The van der Waals surface area contributed by atoms with Gasteiger partial charge in [0.25, 0.3) is 0 Å². The van der Waals surface area contributed by atoms with E-state index >= 15 is 0 Å². The summed E-state index contributed by atoms with van der Waals surface area (Å²) in [5, 5.41) is 19.7. The van der Waals surface area contributed by atoms with E-state index in [1.165, 1.54) is 0 Å². The average molecular weight is 345 g/mol. The zero-order valence-electron chi connectivity index (χ0n) is 12.9. The fraction of sp³-hybridized carbons (Fsp3) is 0.235. The third kappa shape index (κ3) is 3.46.